The third-order valence-corrected chi connectivity index (χ3v) is 1.12. The molecule has 0 atom stereocenters. The van der Waals surface area contributed by atoms with Crippen LogP contribution in [0.5, 0.6) is 0 Å². The molecular formula is C4H5O8P. The Morgan fingerprint density at radius 3 is 1.92 bits per heavy atom. The fraction of sp³-hybridized carbons (Fsp3) is 0. The number of phosphoric acid groups is 1. The van der Waals surface area contributed by atoms with Gasteiger partial charge in [-0.2, -0.15) is 0 Å². The first kappa shape index (κ1) is 11.6. The van der Waals surface area contributed by atoms with Crippen molar-refractivity contribution in [2.75, 3.05) is 0 Å². The van der Waals surface area contributed by atoms with Crippen molar-refractivity contribution in [2.45, 2.75) is 0 Å². The summed E-state index contributed by atoms with van der Waals surface area (Å²) in [5.74, 6) is -4.91. The second kappa shape index (κ2) is 4.04. The van der Waals surface area contributed by atoms with Gasteiger partial charge in [0.25, 0.3) is 0 Å². The third-order valence-electron chi connectivity index (χ3n) is 0.683. The third kappa shape index (κ3) is 5.85. The minimum absolute atomic E-state index is 0.0292. The average Bonchev–Trinajstić information content (AvgIpc) is 1.81. The van der Waals surface area contributed by atoms with E-state index in [1.54, 1.807) is 0 Å². The Kier molecular flexibility index (Phi) is 3.61. The quantitative estimate of drug-likeness (QED) is 0.268. The van der Waals surface area contributed by atoms with Crippen molar-refractivity contribution in [2.24, 2.45) is 0 Å². The van der Waals surface area contributed by atoms with Gasteiger partial charge in [-0.3, -0.25) is 9.79 Å². The summed E-state index contributed by atoms with van der Waals surface area (Å²) >= 11 is 0. The Morgan fingerprint density at radius 1 is 1.23 bits per heavy atom. The topological polar surface area (TPSA) is 141 Å². The Balaban J connectivity index is 4.75. The fourth-order valence-corrected chi connectivity index (χ4v) is 0.754. The van der Waals surface area contributed by atoms with Crippen LogP contribution in [-0.2, 0) is 18.7 Å². The van der Waals surface area contributed by atoms with E-state index >= 15 is 0 Å². The van der Waals surface area contributed by atoms with Crippen LogP contribution in [0, 0.1) is 0 Å². The molecule has 0 amide bonds. The van der Waals surface area contributed by atoms with E-state index in [9.17, 15) is 14.2 Å². The molecule has 0 rings (SSSR count). The maximum atomic E-state index is 10.1. The zero-order valence-corrected chi connectivity index (χ0v) is 6.84. The normalized spacial score (nSPS) is 12.3. The Bertz CT molecular complexity index is 297. The SMILES string of the molecule is O=C(O)/C=C(/OP(=O)(O)O)C(=O)O. The summed E-state index contributed by atoms with van der Waals surface area (Å²) in [4.78, 5) is 36.3. The zero-order valence-electron chi connectivity index (χ0n) is 5.95. The number of carboxylic acid groups (broad SMARTS) is 2. The number of phosphoric ester groups is 1. The lowest BCUT2D eigenvalue weighted by Gasteiger charge is -2.05. The maximum absolute atomic E-state index is 10.1. The van der Waals surface area contributed by atoms with E-state index < -0.39 is 25.5 Å². The van der Waals surface area contributed by atoms with Crippen LogP contribution in [0.1, 0.15) is 0 Å². The van der Waals surface area contributed by atoms with E-state index in [0.717, 1.165) is 0 Å². The number of carbonyl (C=O) groups is 2. The largest absolute Gasteiger partial charge is 0.525 e. The summed E-state index contributed by atoms with van der Waals surface area (Å²) in [6.45, 7) is 0. The van der Waals surface area contributed by atoms with Gasteiger partial charge >= 0.3 is 19.8 Å². The molecule has 0 aliphatic heterocycles. The zero-order chi connectivity index (χ0) is 10.6. The molecule has 0 radical (unpaired) electrons. The van der Waals surface area contributed by atoms with Crippen molar-refractivity contribution in [1.82, 2.24) is 0 Å². The maximum Gasteiger partial charge on any atom is 0.525 e. The predicted molar refractivity (Wildman–Crippen MR) is 36.5 cm³/mol. The number of carboxylic acids is 2. The van der Waals surface area contributed by atoms with Gasteiger partial charge in [0.05, 0.1) is 6.08 Å². The minimum atomic E-state index is -5.04. The van der Waals surface area contributed by atoms with Crippen LogP contribution in [0.2, 0.25) is 0 Å². The van der Waals surface area contributed by atoms with Gasteiger partial charge in [-0.05, 0) is 0 Å². The smallest absolute Gasteiger partial charge is 0.478 e. The molecule has 74 valence electrons. The number of hydrogen-bond acceptors (Lipinski definition) is 4. The number of rotatable bonds is 4. The van der Waals surface area contributed by atoms with Crippen molar-refractivity contribution >= 4 is 19.8 Å². The molecule has 0 fully saturated rings. The van der Waals surface area contributed by atoms with Gasteiger partial charge < -0.3 is 14.7 Å². The van der Waals surface area contributed by atoms with Crippen molar-refractivity contribution < 1.29 is 38.7 Å². The lowest BCUT2D eigenvalue weighted by Crippen LogP contribution is -2.06. The summed E-state index contributed by atoms with van der Waals surface area (Å²) < 4.78 is 13.7. The predicted octanol–water partition coefficient (Wildman–Crippen LogP) is -0.851. The van der Waals surface area contributed by atoms with Crippen molar-refractivity contribution in [3.63, 3.8) is 0 Å². The standard InChI is InChI=1S/C4H5O8P/c5-3(6)1-2(4(7)8)12-13(9,10)11/h1H,(H,5,6)(H,7,8)(H2,9,10,11)/b2-1+. The fourth-order valence-electron chi connectivity index (χ4n) is 0.367. The highest BCUT2D eigenvalue weighted by molar-refractivity contribution is 7.46. The summed E-state index contributed by atoms with van der Waals surface area (Å²) in [5, 5.41) is 16.2. The Labute approximate surface area is 71.3 Å². The molecular weight excluding hydrogens is 207 g/mol. The first-order chi connectivity index (χ1) is 5.72. The first-order valence-corrected chi connectivity index (χ1v) is 4.18. The Morgan fingerprint density at radius 2 is 1.69 bits per heavy atom. The molecule has 0 aliphatic carbocycles. The molecule has 0 unspecified atom stereocenters. The monoisotopic (exact) mass is 212 g/mol. The van der Waals surface area contributed by atoms with Gasteiger partial charge in [0, 0.05) is 0 Å². The summed E-state index contributed by atoms with van der Waals surface area (Å²) in [6, 6.07) is 0. The molecule has 4 N–H and O–H groups in total. The van der Waals surface area contributed by atoms with Crippen molar-refractivity contribution in [1.29, 1.82) is 0 Å². The molecule has 0 bridgehead atoms. The van der Waals surface area contributed by atoms with Crippen molar-refractivity contribution in [3.05, 3.63) is 11.8 Å². The highest BCUT2D eigenvalue weighted by Gasteiger charge is 2.23. The summed E-state index contributed by atoms with van der Waals surface area (Å²) in [7, 11) is -5.04. The number of hydrogen-bond donors (Lipinski definition) is 4. The lowest BCUT2D eigenvalue weighted by molar-refractivity contribution is -0.137. The van der Waals surface area contributed by atoms with E-state index in [1.807, 2.05) is 0 Å². The van der Waals surface area contributed by atoms with Crippen LogP contribution in [0.4, 0.5) is 0 Å². The van der Waals surface area contributed by atoms with E-state index in [-0.39, 0.29) is 6.08 Å². The molecule has 0 aliphatic rings. The molecule has 8 nitrogen and oxygen atoms in total. The van der Waals surface area contributed by atoms with Crippen LogP contribution in [0.25, 0.3) is 0 Å². The van der Waals surface area contributed by atoms with Gasteiger partial charge in [0.2, 0.25) is 5.76 Å². The van der Waals surface area contributed by atoms with Crippen molar-refractivity contribution in [3.8, 4) is 0 Å². The highest BCUT2D eigenvalue weighted by Crippen LogP contribution is 2.38. The lowest BCUT2D eigenvalue weighted by atomic mass is 10.4. The highest BCUT2D eigenvalue weighted by atomic mass is 31.2. The minimum Gasteiger partial charge on any atom is -0.478 e. The second-order valence-corrected chi connectivity index (χ2v) is 2.90. The average molecular weight is 212 g/mol. The van der Waals surface area contributed by atoms with E-state index in [2.05, 4.69) is 4.52 Å². The van der Waals surface area contributed by atoms with Gasteiger partial charge in [-0.1, -0.05) is 0 Å². The number of aliphatic carboxylic acids is 2. The molecule has 0 saturated heterocycles. The van der Waals surface area contributed by atoms with E-state index in [1.165, 1.54) is 0 Å². The van der Waals surface area contributed by atoms with Crippen LogP contribution < -0.4 is 0 Å². The first-order valence-electron chi connectivity index (χ1n) is 2.65. The van der Waals surface area contributed by atoms with Crippen LogP contribution in [0.3, 0.4) is 0 Å². The molecule has 0 aromatic carbocycles. The van der Waals surface area contributed by atoms with E-state index in [0.29, 0.717) is 0 Å². The molecule has 13 heavy (non-hydrogen) atoms. The summed E-state index contributed by atoms with van der Waals surface area (Å²) in [5.41, 5.74) is 0. The van der Waals surface area contributed by atoms with Crippen LogP contribution in [0.15, 0.2) is 11.8 Å². The van der Waals surface area contributed by atoms with Gasteiger partial charge in [0.15, 0.2) is 0 Å². The van der Waals surface area contributed by atoms with Gasteiger partial charge in [0.1, 0.15) is 0 Å². The van der Waals surface area contributed by atoms with E-state index in [4.69, 9.17) is 20.0 Å². The molecule has 9 heteroatoms. The molecule has 0 spiro atoms. The molecule has 0 aromatic rings. The molecule has 0 saturated carbocycles. The molecule has 0 heterocycles. The molecule has 0 aromatic heterocycles. The second-order valence-electron chi connectivity index (χ2n) is 1.73. The van der Waals surface area contributed by atoms with Crippen LogP contribution in [-0.4, -0.2) is 31.9 Å². The van der Waals surface area contributed by atoms with Gasteiger partial charge in [-0.25, -0.2) is 14.2 Å². The Hall–Kier alpha value is -1.37. The summed E-state index contributed by atoms with van der Waals surface area (Å²) in [6.07, 6.45) is 0.0292. The van der Waals surface area contributed by atoms with Crippen LogP contribution >= 0.6 is 7.82 Å². The van der Waals surface area contributed by atoms with Gasteiger partial charge in [-0.15, -0.1) is 0 Å².